The Labute approximate surface area is 90.5 Å². The van der Waals surface area contributed by atoms with Gasteiger partial charge in [0.2, 0.25) is 0 Å². The molecule has 0 bridgehead atoms. The fourth-order valence-electron chi connectivity index (χ4n) is 1.38. The average Bonchev–Trinajstić information content (AvgIpc) is 2.25. The summed E-state index contributed by atoms with van der Waals surface area (Å²) in [5.41, 5.74) is 0. The minimum Gasteiger partial charge on any atom is -0.385 e. The molecule has 86 valence electrons. The molecular formula is C13H28O. The first-order valence-electron chi connectivity index (χ1n) is 5.90. The Balaban J connectivity index is 0. The molecule has 0 radical (unpaired) electrons. The third kappa shape index (κ3) is 17.7. The SMILES string of the molecule is C=C.CCCCCCCCCCOC. The van der Waals surface area contributed by atoms with Crippen molar-refractivity contribution in [2.45, 2.75) is 58.3 Å². The van der Waals surface area contributed by atoms with Crippen molar-refractivity contribution in [2.75, 3.05) is 13.7 Å². The normalized spacial score (nSPS) is 9.29. The molecule has 0 spiro atoms. The van der Waals surface area contributed by atoms with Crippen LogP contribution in [-0.4, -0.2) is 13.7 Å². The molecule has 0 unspecified atom stereocenters. The average molecular weight is 200 g/mol. The van der Waals surface area contributed by atoms with Gasteiger partial charge in [-0.05, 0) is 6.42 Å². The predicted octanol–water partition coefficient (Wildman–Crippen LogP) is 4.58. The molecule has 14 heavy (non-hydrogen) atoms. The summed E-state index contributed by atoms with van der Waals surface area (Å²) >= 11 is 0. The molecular weight excluding hydrogens is 172 g/mol. The molecule has 0 aromatic carbocycles. The van der Waals surface area contributed by atoms with Crippen molar-refractivity contribution < 1.29 is 4.74 Å². The number of unbranched alkanes of at least 4 members (excludes halogenated alkanes) is 7. The van der Waals surface area contributed by atoms with Crippen LogP contribution in [0.2, 0.25) is 0 Å². The smallest absolute Gasteiger partial charge is 0.0462 e. The van der Waals surface area contributed by atoms with E-state index < -0.39 is 0 Å². The van der Waals surface area contributed by atoms with E-state index in [2.05, 4.69) is 20.1 Å². The van der Waals surface area contributed by atoms with E-state index in [0.29, 0.717) is 0 Å². The Morgan fingerprint density at radius 2 is 1.21 bits per heavy atom. The van der Waals surface area contributed by atoms with Crippen LogP contribution in [0.1, 0.15) is 58.3 Å². The highest BCUT2D eigenvalue weighted by atomic mass is 16.5. The van der Waals surface area contributed by atoms with Crippen LogP contribution in [-0.2, 0) is 4.74 Å². The van der Waals surface area contributed by atoms with Gasteiger partial charge in [0.05, 0.1) is 0 Å². The quantitative estimate of drug-likeness (QED) is 0.391. The van der Waals surface area contributed by atoms with E-state index in [0.717, 1.165) is 6.61 Å². The van der Waals surface area contributed by atoms with E-state index in [1.54, 1.807) is 7.11 Å². The minimum atomic E-state index is 0.939. The van der Waals surface area contributed by atoms with Gasteiger partial charge in [-0.2, -0.15) is 0 Å². The number of methoxy groups -OCH3 is 1. The van der Waals surface area contributed by atoms with Crippen LogP contribution in [0.3, 0.4) is 0 Å². The van der Waals surface area contributed by atoms with Gasteiger partial charge >= 0.3 is 0 Å². The molecule has 0 atom stereocenters. The van der Waals surface area contributed by atoms with E-state index in [1.165, 1.54) is 51.4 Å². The highest BCUT2D eigenvalue weighted by molar-refractivity contribution is 4.45. The zero-order valence-corrected chi connectivity index (χ0v) is 10.2. The first kappa shape index (κ1) is 16.1. The third-order valence-electron chi connectivity index (χ3n) is 2.20. The van der Waals surface area contributed by atoms with Gasteiger partial charge in [0, 0.05) is 13.7 Å². The molecule has 0 N–H and O–H groups in total. The number of rotatable bonds is 9. The van der Waals surface area contributed by atoms with Gasteiger partial charge in [-0.25, -0.2) is 0 Å². The van der Waals surface area contributed by atoms with Crippen molar-refractivity contribution >= 4 is 0 Å². The van der Waals surface area contributed by atoms with Crippen LogP contribution in [0.5, 0.6) is 0 Å². The van der Waals surface area contributed by atoms with Crippen molar-refractivity contribution in [2.24, 2.45) is 0 Å². The zero-order valence-electron chi connectivity index (χ0n) is 10.2. The lowest BCUT2D eigenvalue weighted by Gasteiger charge is -2.00. The molecule has 0 aromatic rings. The van der Waals surface area contributed by atoms with Crippen LogP contribution in [0.4, 0.5) is 0 Å². The van der Waals surface area contributed by atoms with Crippen molar-refractivity contribution in [3.8, 4) is 0 Å². The zero-order chi connectivity index (χ0) is 11.1. The van der Waals surface area contributed by atoms with E-state index >= 15 is 0 Å². The summed E-state index contributed by atoms with van der Waals surface area (Å²) in [6.45, 7) is 9.20. The second-order valence-electron chi connectivity index (χ2n) is 3.47. The first-order valence-corrected chi connectivity index (χ1v) is 5.90. The van der Waals surface area contributed by atoms with E-state index in [1.807, 2.05) is 0 Å². The van der Waals surface area contributed by atoms with Gasteiger partial charge in [0.1, 0.15) is 0 Å². The Morgan fingerprint density at radius 3 is 1.64 bits per heavy atom. The van der Waals surface area contributed by atoms with Crippen LogP contribution >= 0.6 is 0 Å². The van der Waals surface area contributed by atoms with Gasteiger partial charge in [0.25, 0.3) is 0 Å². The van der Waals surface area contributed by atoms with Gasteiger partial charge < -0.3 is 4.74 Å². The molecule has 1 heteroatoms. The second kappa shape index (κ2) is 18.5. The van der Waals surface area contributed by atoms with Crippen molar-refractivity contribution in [3.05, 3.63) is 13.2 Å². The molecule has 0 heterocycles. The van der Waals surface area contributed by atoms with Gasteiger partial charge in [-0.3, -0.25) is 0 Å². The Bertz CT molecular complexity index is 71.3. The van der Waals surface area contributed by atoms with Crippen LogP contribution in [0, 0.1) is 0 Å². The van der Waals surface area contributed by atoms with Gasteiger partial charge in [-0.15, -0.1) is 13.2 Å². The molecule has 0 saturated carbocycles. The molecule has 0 rings (SSSR count). The lowest BCUT2D eigenvalue weighted by Crippen LogP contribution is -1.88. The fraction of sp³-hybridized carbons (Fsp3) is 0.846. The van der Waals surface area contributed by atoms with Crippen molar-refractivity contribution in [1.29, 1.82) is 0 Å². The van der Waals surface area contributed by atoms with Crippen molar-refractivity contribution in [3.63, 3.8) is 0 Å². The maximum atomic E-state index is 4.99. The summed E-state index contributed by atoms with van der Waals surface area (Å²) in [6, 6.07) is 0. The monoisotopic (exact) mass is 200 g/mol. The Morgan fingerprint density at radius 1 is 0.786 bits per heavy atom. The number of hydrogen-bond acceptors (Lipinski definition) is 1. The predicted molar refractivity (Wildman–Crippen MR) is 65.7 cm³/mol. The van der Waals surface area contributed by atoms with E-state index in [4.69, 9.17) is 4.74 Å². The molecule has 0 saturated heterocycles. The highest BCUT2D eigenvalue weighted by Gasteiger charge is 1.90. The molecule has 0 amide bonds. The molecule has 0 aliphatic rings. The summed E-state index contributed by atoms with van der Waals surface area (Å²) in [7, 11) is 1.78. The minimum absolute atomic E-state index is 0.939. The standard InChI is InChI=1S/C11H24O.C2H4/c1-3-4-5-6-7-8-9-10-11-12-2;1-2/h3-11H2,1-2H3;1-2H2. The molecule has 0 fully saturated rings. The lowest BCUT2D eigenvalue weighted by molar-refractivity contribution is 0.192. The molecule has 0 aromatic heterocycles. The topological polar surface area (TPSA) is 9.23 Å². The summed E-state index contributed by atoms with van der Waals surface area (Å²) in [6.07, 6.45) is 11.0. The first-order chi connectivity index (χ1) is 6.91. The highest BCUT2D eigenvalue weighted by Crippen LogP contribution is 2.07. The third-order valence-corrected chi connectivity index (χ3v) is 2.20. The van der Waals surface area contributed by atoms with Crippen molar-refractivity contribution in [1.82, 2.24) is 0 Å². The van der Waals surface area contributed by atoms with E-state index in [9.17, 15) is 0 Å². The summed E-state index contributed by atoms with van der Waals surface area (Å²) in [5, 5.41) is 0. The molecule has 0 aliphatic heterocycles. The Kier molecular flexibility index (Phi) is 21.3. The second-order valence-corrected chi connectivity index (χ2v) is 3.47. The maximum absolute atomic E-state index is 4.99. The van der Waals surface area contributed by atoms with Crippen LogP contribution < -0.4 is 0 Å². The van der Waals surface area contributed by atoms with Gasteiger partial charge in [0.15, 0.2) is 0 Å². The van der Waals surface area contributed by atoms with E-state index in [-0.39, 0.29) is 0 Å². The maximum Gasteiger partial charge on any atom is 0.0462 e. The molecule has 0 aliphatic carbocycles. The molecule has 1 nitrogen and oxygen atoms in total. The van der Waals surface area contributed by atoms with Gasteiger partial charge in [-0.1, -0.05) is 51.9 Å². The lowest BCUT2D eigenvalue weighted by atomic mass is 10.1. The Hall–Kier alpha value is -0.300. The fourth-order valence-corrected chi connectivity index (χ4v) is 1.38. The van der Waals surface area contributed by atoms with Crippen LogP contribution in [0.25, 0.3) is 0 Å². The number of hydrogen-bond donors (Lipinski definition) is 0. The summed E-state index contributed by atoms with van der Waals surface area (Å²) in [5.74, 6) is 0. The number of ether oxygens (including phenoxy) is 1. The summed E-state index contributed by atoms with van der Waals surface area (Å²) in [4.78, 5) is 0. The van der Waals surface area contributed by atoms with Crippen LogP contribution in [0.15, 0.2) is 13.2 Å². The largest absolute Gasteiger partial charge is 0.385 e. The summed E-state index contributed by atoms with van der Waals surface area (Å²) < 4.78 is 4.99.